The van der Waals surface area contributed by atoms with E-state index in [1.807, 2.05) is 12.1 Å². The first-order valence-corrected chi connectivity index (χ1v) is 7.15. The van der Waals surface area contributed by atoms with Crippen molar-refractivity contribution >= 4 is 28.6 Å². The molecule has 24 heavy (non-hydrogen) atoms. The Labute approximate surface area is 138 Å². The quantitative estimate of drug-likeness (QED) is 0.747. The number of nitrogens with zero attached hydrogens (tertiary/aromatic N) is 2. The lowest BCUT2D eigenvalue weighted by Gasteiger charge is -2.02. The van der Waals surface area contributed by atoms with Crippen molar-refractivity contribution in [3.8, 4) is 18.1 Å². The molecule has 3 rings (SSSR count). The zero-order chi connectivity index (χ0) is 17.1. The van der Waals surface area contributed by atoms with Crippen LogP contribution in [0.15, 0.2) is 48.9 Å². The van der Waals surface area contributed by atoms with Gasteiger partial charge in [-0.2, -0.15) is 0 Å². The van der Waals surface area contributed by atoms with Crippen molar-refractivity contribution in [1.29, 1.82) is 0 Å². The van der Waals surface area contributed by atoms with Crippen molar-refractivity contribution in [3.63, 3.8) is 0 Å². The van der Waals surface area contributed by atoms with E-state index in [1.165, 1.54) is 6.20 Å². The highest BCUT2D eigenvalue weighted by Crippen LogP contribution is 2.31. The lowest BCUT2D eigenvalue weighted by atomic mass is 10.0. The zero-order valence-corrected chi connectivity index (χ0v) is 12.9. The van der Waals surface area contributed by atoms with Gasteiger partial charge in [0, 0.05) is 35.1 Å². The maximum Gasteiger partial charge on any atom is 0.416 e. The number of hydrogen-bond acceptors (Lipinski definition) is 3. The van der Waals surface area contributed by atoms with Crippen LogP contribution in [0.2, 0.25) is 0 Å². The molecule has 0 radical (unpaired) electrons. The van der Waals surface area contributed by atoms with E-state index in [1.54, 1.807) is 43.8 Å². The summed E-state index contributed by atoms with van der Waals surface area (Å²) in [6, 6.07) is 8.87. The minimum atomic E-state index is -1.07. The Morgan fingerprint density at radius 2 is 2.25 bits per heavy atom. The molecule has 1 N–H and O–H groups in total. The average Bonchev–Trinajstić information content (AvgIpc) is 2.99. The molecule has 0 saturated carbocycles. The van der Waals surface area contributed by atoms with Gasteiger partial charge in [-0.3, -0.25) is 9.55 Å². The summed E-state index contributed by atoms with van der Waals surface area (Å²) in [7, 11) is 1.56. The van der Waals surface area contributed by atoms with E-state index in [-0.39, 0.29) is 0 Å². The van der Waals surface area contributed by atoms with Gasteiger partial charge in [0.1, 0.15) is 5.75 Å². The molecule has 0 amide bonds. The molecule has 1 aromatic carbocycles. The monoisotopic (exact) mass is 318 g/mol. The minimum absolute atomic E-state index is 0.547. The van der Waals surface area contributed by atoms with Crippen LogP contribution in [0.1, 0.15) is 11.1 Å². The molecule has 0 aliphatic carbocycles. The van der Waals surface area contributed by atoms with Gasteiger partial charge in [-0.1, -0.05) is 12.0 Å². The summed E-state index contributed by atoms with van der Waals surface area (Å²) in [6.45, 7) is 0. The van der Waals surface area contributed by atoms with Crippen LogP contribution in [-0.2, 0) is 0 Å². The number of pyridine rings is 1. The summed E-state index contributed by atoms with van der Waals surface area (Å²) in [6.07, 6.45) is 11.3. The van der Waals surface area contributed by atoms with Crippen LogP contribution < -0.4 is 4.74 Å². The van der Waals surface area contributed by atoms with E-state index >= 15 is 0 Å². The van der Waals surface area contributed by atoms with Crippen LogP contribution >= 0.6 is 0 Å². The van der Waals surface area contributed by atoms with E-state index in [9.17, 15) is 9.90 Å². The van der Waals surface area contributed by atoms with Crippen molar-refractivity contribution in [2.45, 2.75) is 0 Å². The van der Waals surface area contributed by atoms with Gasteiger partial charge in [0.05, 0.1) is 12.6 Å². The van der Waals surface area contributed by atoms with Gasteiger partial charge in [0.15, 0.2) is 0 Å². The molecule has 0 unspecified atom stereocenters. The Kier molecular flexibility index (Phi) is 4.04. The average molecular weight is 318 g/mol. The minimum Gasteiger partial charge on any atom is -0.497 e. The second-order valence-corrected chi connectivity index (χ2v) is 5.07. The summed E-state index contributed by atoms with van der Waals surface area (Å²) in [5.74, 6) is 3.26. The van der Waals surface area contributed by atoms with E-state index in [0.29, 0.717) is 27.8 Å². The molecule has 0 bridgehead atoms. The lowest BCUT2D eigenvalue weighted by molar-refractivity contribution is 0.197. The van der Waals surface area contributed by atoms with Crippen molar-refractivity contribution < 1.29 is 14.6 Å². The number of hydrogen-bond donors (Lipinski definition) is 1. The Hall–Kier alpha value is -3.52. The molecule has 2 heterocycles. The van der Waals surface area contributed by atoms with Gasteiger partial charge in [-0.25, -0.2) is 4.79 Å². The number of terminal acetylenes is 1. The maximum absolute atomic E-state index is 11.5. The van der Waals surface area contributed by atoms with Gasteiger partial charge in [-0.15, -0.1) is 6.42 Å². The van der Waals surface area contributed by atoms with Crippen LogP contribution in [0, 0.1) is 12.3 Å². The highest BCUT2D eigenvalue weighted by atomic mass is 16.5. The number of fused-ring (bicyclic) bond motifs is 1. The maximum atomic E-state index is 11.5. The Morgan fingerprint density at radius 1 is 1.42 bits per heavy atom. The molecule has 0 spiro atoms. The van der Waals surface area contributed by atoms with Gasteiger partial charge in [-0.05, 0) is 35.9 Å². The van der Waals surface area contributed by atoms with Crippen molar-refractivity contribution in [2.24, 2.45) is 0 Å². The fraction of sp³-hybridized carbons (Fsp3) is 0.0526. The first-order valence-electron chi connectivity index (χ1n) is 7.15. The number of ether oxygens (including phenoxy) is 1. The number of benzene rings is 1. The number of allylic oxidation sites excluding steroid dienone is 1. The van der Waals surface area contributed by atoms with Crippen LogP contribution in [-0.4, -0.2) is 27.9 Å². The van der Waals surface area contributed by atoms with Crippen molar-refractivity contribution in [3.05, 3.63) is 60.0 Å². The summed E-state index contributed by atoms with van der Waals surface area (Å²) >= 11 is 0. The second kappa shape index (κ2) is 6.31. The smallest absolute Gasteiger partial charge is 0.416 e. The first-order chi connectivity index (χ1) is 11.6. The third-order valence-corrected chi connectivity index (χ3v) is 3.66. The van der Waals surface area contributed by atoms with Crippen molar-refractivity contribution in [2.75, 3.05) is 7.11 Å². The molecule has 5 heteroatoms. The van der Waals surface area contributed by atoms with Crippen LogP contribution in [0.3, 0.4) is 0 Å². The predicted molar refractivity (Wildman–Crippen MR) is 92.9 cm³/mol. The first kappa shape index (κ1) is 15.4. The topological polar surface area (TPSA) is 64.4 Å². The zero-order valence-electron chi connectivity index (χ0n) is 12.9. The van der Waals surface area contributed by atoms with E-state index in [0.717, 1.165) is 10.1 Å². The van der Waals surface area contributed by atoms with E-state index in [4.69, 9.17) is 11.2 Å². The van der Waals surface area contributed by atoms with Crippen LogP contribution in [0.25, 0.3) is 22.6 Å². The molecule has 118 valence electrons. The normalized spacial score (nSPS) is 11.2. The van der Waals surface area contributed by atoms with Gasteiger partial charge >= 0.3 is 6.09 Å². The molecule has 0 saturated heterocycles. The molecule has 0 aliphatic heterocycles. The van der Waals surface area contributed by atoms with Crippen molar-refractivity contribution in [1.82, 2.24) is 9.55 Å². The molecule has 0 fully saturated rings. The van der Waals surface area contributed by atoms with E-state index < -0.39 is 6.09 Å². The molecule has 5 nitrogen and oxygen atoms in total. The molecule has 2 aromatic heterocycles. The molecule has 3 aromatic rings. The summed E-state index contributed by atoms with van der Waals surface area (Å²) in [5.41, 5.74) is 2.61. The molecule has 0 atom stereocenters. The Bertz CT molecular complexity index is 979. The number of carboxylic acid groups (broad SMARTS) is 1. The fourth-order valence-electron chi connectivity index (χ4n) is 2.53. The fourth-order valence-corrected chi connectivity index (χ4v) is 2.53. The Balaban J connectivity index is 2.26. The number of rotatable bonds is 3. The van der Waals surface area contributed by atoms with E-state index in [2.05, 4.69) is 10.9 Å². The second-order valence-electron chi connectivity index (χ2n) is 5.07. The largest absolute Gasteiger partial charge is 0.497 e. The van der Waals surface area contributed by atoms with Crippen LogP contribution in [0.4, 0.5) is 4.79 Å². The summed E-state index contributed by atoms with van der Waals surface area (Å²) in [5, 5.41) is 10.1. The summed E-state index contributed by atoms with van der Waals surface area (Å²) in [4.78, 5) is 15.6. The third kappa shape index (κ3) is 2.73. The molecular formula is C19H14N2O3. The highest BCUT2D eigenvalue weighted by Gasteiger charge is 2.15. The number of methoxy groups -OCH3 is 1. The van der Waals surface area contributed by atoms with Gasteiger partial charge < -0.3 is 9.84 Å². The van der Waals surface area contributed by atoms with Gasteiger partial charge in [0.25, 0.3) is 0 Å². The standard InChI is InChI=1S/C19H14N2O3/c1-3-14(9-13-5-4-8-20-11-13)17-12-21(19(22)23)18-7-6-15(24-2)10-16(17)18/h1,4-12H,2H3,(H,22,23)/b14-9-. The highest BCUT2D eigenvalue weighted by molar-refractivity contribution is 6.04. The lowest BCUT2D eigenvalue weighted by Crippen LogP contribution is -2.05. The molecular weight excluding hydrogens is 304 g/mol. The number of carbonyl (C=O) groups is 1. The summed E-state index contributed by atoms with van der Waals surface area (Å²) < 4.78 is 6.39. The molecule has 0 aliphatic rings. The third-order valence-electron chi connectivity index (χ3n) is 3.66. The number of aromatic nitrogens is 2. The van der Waals surface area contributed by atoms with Crippen LogP contribution in [0.5, 0.6) is 5.75 Å². The SMILES string of the molecule is C#C/C(=C/c1cccnc1)c1cn(C(=O)O)c2ccc(OC)cc12. The van der Waals surface area contributed by atoms with Gasteiger partial charge in [0.2, 0.25) is 0 Å². The Morgan fingerprint density at radius 3 is 2.88 bits per heavy atom. The predicted octanol–water partition coefficient (Wildman–Crippen LogP) is 3.74.